The molecule has 6 aromatic rings. The Morgan fingerprint density at radius 3 is 1.69 bits per heavy atom. The van der Waals surface area contributed by atoms with Crippen LogP contribution in [0.25, 0.3) is 54.8 Å². The fourth-order valence-electron chi connectivity index (χ4n) is 4.43. The van der Waals surface area contributed by atoms with Gasteiger partial charge in [0.2, 0.25) is 0 Å². The summed E-state index contributed by atoms with van der Waals surface area (Å²) in [6.45, 7) is 6.24. The smallest absolute Gasteiger partial charge is 0.109 e. The number of rotatable bonds is 3. The fraction of sp³-hybridized carbons (Fsp3) is 0.154. The van der Waals surface area contributed by atoms with E-state index in [-0.39, 0.29) is 0 Å². The summed E-state index contributed by atoms with van der Waals surface area (Å²) in [7, 11) is 0. The number of benzene rings is 3. The number of hydrogen-bond donors (Lipinski definition) is 2. The summed E-state index contributed by atoms with van der Waals surface area (Å²) in [5, 5.41) is 15.3. The summed E-state index contributed by atoms with van der Waals surface area (Å²) in [6.07, 6.45) is 7.51. The predicted octanol–water partition coefficient (Wildman–Crippen LogP) is 6.15. The highest BCUT2D eigenvalue weighted by atomic mass is 15.1. The molecule has 32 heavy (non-hydrogen) atoms. The number of aromatic amines is 2. The average Bonchev–Trinajstić information content (AvgIpc) is 3.48. The monoisotopic (exact) mass is 418 g/mol. The summed E-state index contributed by atoms with van der Waals surface area (Å²) < 4.78 is 0. The van der Waals surface area contributed by atoms with E-state index >= 15 is 0 Å². The predicted molar refractivity (Wildman–Crippen MR) is 129 cm³/mol. The van der Waals surface area contributed by atoms with Crippen molar-refractivity contribution >= 4 is 32.3 Å². The first-order chi connectivity index (χ1) is 15.6. The molecular weight excluding hydrogens is 396 g/mol. The summed E-state index contributed by atoms with van der Waals surface area (Å²) in [4.78, 5) is 15.7. The lowest BCUT2D eigenvalue weighted by Crippen LogP contribution is -1.90. The van der Waals surface area contributed by atoms with Gasteiger partial charge in [-0.15, -0.1) is 0 Å². The van der Waals surface area contributed by atoms with Gasteiger partial charge in [0, 0.05) is 27.8 Å². The second kappa shape index (κ2) is 6.99. The molecule has 0 bridgehead atoms. The Balaban J connectivity index is 1.62. The molecule has 0 amide bonds. The zero-order chi connectivity index (χ0) is 21.8. The third kappa shape index (κ3) is 2.87. The molecule has 0 saturated heterocycles. The van der Waals surface area contributed by atoms with Gasteiger partial charge in [0.15, 0.2) is 0 Å². The van der Waals surface area contributed by atoms with Gasteiger partial charge in [0.1, 0.15) is 11.6 Å². The number of aryl methyl sites for hydroxylation is 1. The number of imidazole rings is 2. The Kier molecular flexibility index (Phi) is 4.08. The molecule has 0 fully saturated rings. The van der Waals surface area contributed by atoms with E-state index in [0.29, 0.717) is 5.92 Å². The molecule has 0 saturated carbocycles. The van der Waals surface area contributed by atoms with Crippen LogP contribution in [0.3, 0.4) is 0 Å². The van der Waals surface area contributed by atoms with Gasteiger partial charge < -0.3 is 9.97 Å². The van der Waals surface area contributed by atoms with E-state index in [1.165, 1.54) is 10.8 Å². The maximum atomic E-state index is 4.54. The first-order valence-electron chi connectivity index (χ1n) is 10.8. The van der Waals surface area contributed by atoms with Crippen molar-refractivity contribution in [2.75, 3.05) is 0 Å². The number of fused-ring (bicyclic) bond motifs is 6. The first-order valence-corrected chi connectivity index (χ1v) is 10.8. The van der Waals surface area contributed by atoms with Crippen molar-refractivity contribution in [3.8, 4) is 22.5 Å². The largest absolute Gasteiger partial charge is 0.342 e. The maximum absolute atomic E-state index is 4.54. The second-order valence-electron chi connectivity index (χ2n) is 8.56. The van der Waals surface area contributed by atoms with E-state index in [1.54, 1.807) is 0 Å². The Morgan fingerprint density at radius 2 is 1.19 bits per heavy atom. The molecule has 0 radical (unpaired) electrons. The molecule has 0 aliphatic carbocycles. The van der Waals surface area contributed by atoms with Crippen LogP contribution in [0.15, 0.2) is 61.2 Å². The van der Waals surface area contributed by atoms with Gasteiger partial charge >= 0.3 is 0 Å². The van der Waals surface area contributed by atoms with E-state index in [9.17, 15) is 0 Å². The summed E-state index contributed by atoms with van der Waals surface area (Å²) in [5.41, 5.74) is 4.25. The Bertz CT molecular complexity index is 1600. The first kappa shape index (κ1) is 18.7. The van der Waals surface area contributed by atoms with Crippen molar-refractivity contribution in [2.24, 2.45) is 0 Å². The van der Waals surface area contributed by atoms with Crippen LogP contribution >= 0.6 is 0 Å². The number of hydrogen-bond acceptors (Lipinski definition) is 4. The van der Waals surface area contributed by atoms with Crippen LogP contribution in [0.1, 0.15) is 31.4 Å². The van der Waals surface area contributed by atoms with Gasteiger partial charge in [-0.1, -0.05) is 38.1 Å². The Labute approximate surface area is 184 Å². The highest BCUT2D eigenvalue weighted by Crippen LogP contribution is 2.38. The number of H-pyrrole nitrogens is 2. The molecule has 6 nitrogen and oxygen atoms in total. The van der Waals surface area contributed by atoms with E-state index in [0.717, 1.165) is 55.7 Å². The molecule has 0 unspecified atom stereocenters. The van der Waals surface area contributed by atoms with Crippen molar-refractivity contribution in [3.05, 3.63) is 72.8 Å². The van der Waals surface area contributed by atoms with Gasteiger partial charge in [-0.25, -0.2) is 9.97 Å². The normalized spacial score (nSPS) is 11.9. The zero-order valence-electron chi connectivity index (χ0n) is 18.1. The molecule has 0 spiro atoms. The van der Waals surface area contributed by atoms with Crippen molar-refractivity contribution in [1.82, 2.24) is 30.1 Å². The van der Waals surface area contributed by atoms with Crippen molar-refractivity contribution in [2.45, 2.75) is 26.7 Å². The highest BCUT2D eigenvalue weighted by Gasteiger charge is 2.13. The van der Waals surface area contributed by atoms with Gasteiger partial charge in [-0.2, -0.15) is 10.2 Å². The minimum atomic E-state index is 0.358. The molecule has 3 aromatic carbocycles. The average molecular weight is 419 g/mol. The SMILES string of the molecule is Cc1ncc(-c2ccc3c4ccc(-c5cnc(C(C)C)[nH]5)cc4c4cnncc4c3c2)[nH]1. The quantitative estimate of drug-likeness (QED) is 0.338. The molecule has 0 aliphatic heterocycles. The molecule has 2 N–H and O–H groups in total. The minimum absolute atomic E-state index is 0.358. The lowest BCUT2D eigenvalue weighted by molar-refractivity contribution is 0.795. The summed E-state index contributed by atoms with van der Waals surface area (Å²) in [5.74, 6) is 2.26. The third-order valence-corrected chi connectivity index (χ3v) is 6.11. The Morgan fingerprint density at radius 1 is 0.625 bits per heavy atom. The molecule has 156 valence electrons. The van der Waals surface area contributed by atoms with E-state index in [2.05, 4.69) is 80.4 Å². The lowest BCUT2D eigenvalue weighted by Gasteiger charge is -2.12. The van der Waals surface area contributed by atoms with Crippen molar-refractivity contribution in [3.63, 3.8) is 0 Å². The van der Waals surface area contributed by atoms with Gasteiger partial charge in [-0.3, -0.25) is 0 Å². The van der Waals surface area contributed by atoms with Crippen LogP contribution in [0, 0.1) is 6.92 Å². The van der Waals surface area contributed by atoms with Crippen LogP contribution in [0.2, 0.25) is 0 Å². The number of aromatic nitrogens is 6. The molecule has 0 atom stereocenters. The second-order valence-corrected chi connectivity index (χ2v) is 8.56. The maximum Gasteiger partial charge on any atom is 0.109 e. The fourth-order valence-corrected chi connectivity index (χ4v) is 4.43. The van der Waals surface area contributed by atoms with Crippen LogP contribution in [0.4, 0.5) is 0 Å². The Hall–Kier alpha value is -4.06. The van der Waals surface area contributed by atoms with Crippen LogP contribution in [-0.2, 0) is 0 Å². The lowest BCUT2D eigenvalue weighted by atomic mass is 9.93. The number of nitrogens with one attached hydrogen (secondary N) is 2. The highest BCUT2D eigenvalue weighted by molar-refractivity contribution is 6.25. The van der Waals surface area contributed by atoms with E-state index in [4.69, 9.17) is 0 Å². The van der Waals surface area contributed by atoms with Crippen molar-refractivity contribution < 1.29 is 0 Å². The molecular formula is C26H22N6. The van der Waals surface area contributed by atoms with Crippen LogP contribution in [-0.4, -0.2) is 30.1 Å². The third-order valence-electron chi connectivity index (χ3n) is 6.11. The van der Waals surface area contributed by atoms with E-state index < -0.39 is 0 Å². The van der Waals surface area contributed by atoms with Crippen molar-refractivity contribution in [1.29, 1.82) is 0 Å². The van der Waals surface area contributed by atoms with Crippen LogP contribution < -0.4 is 0 Å². The molecule has 6 heteroatoms. The van der Waals surface area contributed by atoms with Gasteiger partial charge in [0.05, 0.1) is 36.2 Å². The molecule has 3 heterocycles. The standard InChI is InChI=1S/C26H22N6/c1-14(2)26-28-13-25(32-26)17-5-7-19-18-6-4-16(24-12-27-15(3)31-24)8-20(18)22-10-29-30-11-23(22)21(19)9-17/h4-14H,1-3H3,(H,27,31)(H,28,32). The van der Waals surface area contributed by atoms with Crippen LogP contribution in [0.5, 0.6) is 0 Å². The van der Waals surface area contributed by atoms with Gasteiger partial charge in [-0.05, 0) is 40.6 Å². The van der Waals surface area contributed by atoms with E-state index in [1.807, 2.05) is 31.7 Å². The molecule has 6 rings (SSSR count). The van der Waals surface area contributed by atoms with Gasteiger partial charge in [0.25, 0.3) is 0 Å². The summed E-state index contributed by atoms with van der Waals surface area (Å²) in [6, 6.07) is 13.1. The minimum Gasteiger partial charge on any atom is -0.342 e. The molecule has 3 aromatic heterocycles. The zero-order valence-corrected chi connectivity index (χ0v) is 18.1. The number of nitrogens with zero attached hydrogens (tertiary/aromatic N) is 4. The summed E-state index contributed by atoms with van der Waals surface area (Å²) >= 11 is 0. The molecule has 0 aliphatic rings. The topological polar surface area (TPSA) is 83.1 Å².